The normalized spacial score (nSPS) is 12.4. The van der Waals surface area contributed by atoms with Gasteiger partial charge in [0.2, 0.25) is 0 Å². The average Bonchev–Trinajstić information content (AvgIpc) is 2.49. The number of nitrogens with one attached hydrogen (secondary N) is 1. The van der Waals surface area contributed by atoms with Crippen LogP contribution >= 0.6 is 0 Å². The van der Waals surface area contributed by atoms with E-state index in [4.69, 9.17) is 0 Å². The van der Waals surface area contributed by atoms with Crippen LogP contribution in [0.3, 0.4) is 0 Å². The molecule has 1 rings (SSSR count). The van der Waals surface area contributed by atoms with Gasteiger partial charge in [0.25, 0.3) is 5.91 Å². The van der Waals surface area contributed by atoms with Gasteiger partial charge in [0.1, 0.15) is 6.04 Å². The van der Waals surface area contributed by atoms with E-state index in [-0.39, 0.29) is 12.0 Å². The fourth-order valence-electron chi connectivity index (χ4n) is 1.75. The summed E-state index contributed by atoms with van der Waals surface area (Å²) in [5.41, 5.74) is -1.11. The topological polar surface area (TPSA) is 55.4 Å². The standard InChI is InChI=1S/C15H16F3NO3/c1-3-4-8-12(14(21)22-2)19-13(20)10-6-5-7-11(9-10)15(16,17)18/h3,5-7,9,12H,1,4,8H2,2H3,(H,19,20)/t12-/m1/s1. The summed E-state index contributed by atoms with van der Waals surface area (Å²) in [6.07, 6.45) is -2.28. The first-order valence-electron chi connectivity index (χ1n) is 6.46. The molecule has 0 fully saturated rings. The molecule has 0 aliphatic rings. The Morgan fingerprint density at radius 3 is 2.64 bits per heavy atom. The molecular weight excluding hydrogens is 299 g/mol. The third-order valence-electron chi connectivity index (χ3n) is 2.90. The van der Waals surface area contributed by atoms with Gasteiger partial charge < -0.3 is 10.1 Å². The van der Waals surface area contributed by atoms with Gasteiger partial charge in [-0.3, -0.25) is 4.79 Å². The van der Waals surface area contributed by atoms with Crippen LogP contribution in [0.5, 0.6) is 0 Å². The molecule has 7 heteroatoms. The number of halogens is 3. The lowest BCUT2D eigenvalue weighted by Crippen LogP contribution is -2.41. The molecule has 1 N–H and O–H groups in total. The van der Waals surface area contributed by atoms with Crippen molar-refractivity contribution in [3.8, 4) is 0 Å². The Bertz CT molecular complexity index is 555. The van der Waals surface area contributed by atoms with Gasteiger partial charge in [-0.05, 0) is 31.0 Å². The van der Waals surface area contributed by atoms with Crippen molar-refractivity contribution < 1.29 is 27.5 Å². The second kappa shape index (κ2) is 7.63. The highest BCUT2D eigenvalue weighted by Crippen LogP contribution is 2.29. The maximum absolute atomic E-state index is 12.6. The largest absolute Gasteiger partial charge is 0.467 e. The monoisotopic (exact) mass is 315 g/mol. The number of rotatable bonds is 6. The number of alkyl halides is 3. The van der Waals surface area contributed by atoms with Gasteiger partial charge >= 0.3 is 12.1 Å². The molecule has 0 aliphatic carbocycles. The third kappa shape index (κ3) is 4.91. The van der Waals surface area contributed by atoms with Crippen LogP contribution in [0.15, 0.2) is 36.9 Å². The van der Waals surface area contributed by atoms with Gasteiger partial charge in [0.15, 0.2) is 0 Å². The van der Waals surface area contributed by atoms with Crippen molar-refractivity contribution in [3.05, 3.63) is 48.0 Å². The zero-order valence-corrected chi connectivity index (χ0v) is 11.9. The lowest BCUT2D eigenvalue weighted by molar-refractivity contribution is -0.143. The Hall–Kier alpha value is -2.31. The average molecular weight is 315 g/mol. The van der Waals surface area contributed by atoms with Gasteiger partial charge in [0, 0.05) is 5.56 Å². The van der Waals surface area contributed by atoms with Crippen molar-refractivity contribution in [1.82, 2.24) is 5.32 Å². The van der Waals surface area contributed by atoms with Crippen molar-refractivity contribution >= 4 is 11.9 Å². The summed E-state index contributed by atoms with van der Waals surface area (Å²) < 4.78 is 42.4. The molecule has 0 heterocycles. The molecule has 4 nitrogen and oxygen atoms in total. The van der Waals surface area contributed by atoms with Crippen LogP contribution < -0.4 is 5.32 Å². The van der Waals surface area contributed by atoms with Crippen molar-refractivity contribution in [2.45, 2.75) is 25.1 Å². The number of benzene rings is 1. The second-order valence-corrected chi connectivity index (χ2v) is 4.49. The van der Waals surface area contributed by atoms with Crippen LogP contribution in [0.4, 0.5) is 13.2 Å². The first kappa shape index (κ1) is 17.7. The Kier molecular flexibility index (Phi) is 6.15. The molecule has 0 aliphatic heterocycles. The highest BCUT2D eigenvalue weighted by molar-refractivity contribution is 5.96. The summed E-state index contributed by atoms with van der Waals surface area (Å²) in [6, 6.07) is 3.04. The van der Waals surface area contributed by atoms with Crippen LogP contribution in [0.2, 0.25) is 0 Å². The minimum absolute atomic E-state index is 0.178. The zero-order valence-electron chi connectivity index (χ0n) is 11.9. The number of hydrogen-bond acceptors (Lipinski definition) is 3. The number of hydrogen-bond donors (Lipinski definition) is 1. The summed E-state index contributed by atoms with van der Waals surface area (Å²) in [7, 11) is 1.17. The van der Waals surface area contributed by atoms with E-state index in [1.165, 1.54) is 13.2 Å². The lowest BCUT2D eigenvalue weighted by Gasteiger charge is -2.16. The lowest BCUT2D eigenvalue weighted by atomic mass is 10.1. The summed E-state index contributed by atoms with van der Waals surface area (Å²) >= 11 is 0. The predicted molar refractivity (Wildman–Crippen MR) is 74.1 cm³/mol. The molecule has 0 saturated carbocycles. The molecule has 0 unspecified atom stereocenters. The quantitative estimate of drug-likeness (QED) is 0.648. The van der Waals surface area contributed by atoms with E-state index in [2.05, 4.69) is 16.6 Å². The molecule has 0 aromatic heterocycles. The minimum atomic E-state index is -4.54. The molecule has 0 bridgehead atoms. The highest BCUT2D eigenvalue weighted by atomic mass is 19.4. The van der Waals surface area contributed by atoms with E-state index in [1.807, 2.05) is 0 Å². The summed E-state index contributed by atoms with van der Waals surface area (Å²) in [6.45, 7) is 3.50. The molecule has 1 atom stereocenters. The van der Waals surface area contributed by atoms with Crippen LogP contribution in [-0.4, -0.2) is 25.0 Å². The van der Waals surface area contributed by atoms with E-state index in [0.717, 1.165) is 18.2 Å². The fourth-order valence-corrected chi connectivity index (χ4v) is 1.75. The molecule has 120 valence electrons. The van der Waals surface area contributed by atoms with E-state index in [9.17, 15) is 22.8 Å². The Labute approximate surface area is 126 Å². The molecule has 0 saturated heterocycles. The van der Waals surface area contributed by atoms with Gasteiger partial charge in [-0.25, -0.2) is 4.79 Å². The molecule has 1 aromatic carbocycles. The number of carbonyl (C=O) groups excluding carboxylic acids is 2. The van der Waals surface area contributed by atoms with E-state index >= 15 is 0 Å². The summed E-state index contributed by atoms with van der Waals surface area (Å²) in [4.78, 5) is 23.6. The zero-order chi connectivity index (χ0) is 16.8. The number of allylic oxidation sites excluding steroid dienone is 1. The smallest absolute Gasteiger partial charge is 0.416 e. The van der Waals surface area contributed by atoms with E-state index < -0.39 is 29.7 Å². The van der Waals surface area contributed by atoms with Crippen molar-refractivity contribution in [3.63, 3.8) is 0 Å². The first-order chi connectivity index (χ1) is 10.3. The number of carbonyl (C=O) groups is 2. The molecule has 0 spiro atoms. The van der Waals surface area contributed by atoms with Crippen LogP contribution in [0.25, 0.3) is 0 Å². The Morgan fingerprint density at radius 2 is 2.09 bits per heavy atom. The third-order valence-corrected chi connectivity index (χ3v) is 2.90. The predicted octanol–water partition coefficient (Wildman–Crippen LogP) is 2.94. The van der Waals surface area contributed by atoms with Crippen LogP contribution in [0.1, 0.15) is 28.8 Å². The second-order valence-electron chi connectivity index (χ2n) is 4.49. The first-order valence-corrected chi connectivity index (χ1v) is 6.46. The van der Waals surface area contributed by atoms with Gasteiger partial charge in [-0.15, -0.1) is 6.58 Å². The van der Waals surface area contributed by atoms with Crippen molar-refractivity contribution in [2.24, 2.45) is 0 Å². The molecule has 0 radical (unpaired) electrons. The number of esters is 1. The number of methoxy groups -OCH3 is 1. The highest BCUT2D eigenvalue weighted by Gasteiger charge is 2.31. The maximum atomic E-state index is 12.6. The van der Waals surface area contributed by atoms with E-state index in [0.29, 0.717) is 6.42 Å². The molecule has 22 heavy (non-hydrogen) atoms. The van der Waals surface area contributed by atoms with Crippen LogP contribution in [0, 0.1) is 0 Å². The van der Waals surface area contributed by atoms with Gasteiger partial charge in [-0.1, -0.05) is 12.1 Å². The van der Waals surface area contributed by atoms with E-state index in [1.54, 1.807) is 6.08 Å². The number of ether oxygens (including phenoxy) is 1. The molecule has 1 aromatic rings. The fraction of sp³-hybridized carbons (Fsp3) is 0.333. The molecule has 1 amide bonds. The SMILES string of the molecule is C=CCC[C@@H](NC(=O)c1cccc(C(F)(F)F)c1)C(=O)OC. The van der Waals surface area contributed by atoms with Gasteiger partial charge in [-0.2, -0.15) is 13.2 Å². The molecular formula is C15H16F3NO3. The Morgan fingerprint density at radius 1 is 1.41 bits per heavy atom. The van der Waals surface area contributed by atoms with Crippen molar-refractivity contribution in [2.75, 3.05) is 7.11 Å². The van der Waals surface area contributed by atoms with Gasteiger partial charge in [0.05, 0.1) is 12.7 Å². The summed E-state index contributed by atoms with van der Waals surface area (Å²) in [5, 5.41) is 2.37. The summed E-state index contributed by atoms with van der Waals surface area (Å²) in [5.74, 6) is -1.44. The Balaban J connectivity index is 2.90. The minimum Gasteiger partial charge on any atom is -0.467 e. The van der Waals surface area contributed by atoms with Crippen molar-refractivity contribution in [1.29, 1.82) is 0 Å². The maximum Gasteiger partial charge on any atom is 0.416 e. The number of amides is 1. The van der Waals surface area contributed by atoms with Crippen LogP contribution in [-0.2, 0) is 15.7 Å².